The Balaban J connectivity index is 1.41. The molecule has 0 radical (unpaired) electrons. The van der Waals surface area contributed by atoms with E-state index in [-0.39, 0.29) is 11.4 Å². The van der Waals surface area contributed by atoms with Crippen LogP contribution in [0.1, 0.15) is 149 Å². The minimum absolute atomic E-state index is 0.0580. The molecule has 1 aromatic carbocycles. The Morgan fingerprint density at radius 3 is 2.24 bits per heavy atom. The molecule has 0 aliphatic heterocycles. The zero-order valence-corrected chi connectivity index (χ0v) is 33.2. The van der Waals surface area contributed by atoms with Crippen LogP contribution in [-0.2, 0) is 4.74 Å². The molecule has 3 saturated carbocycles. The largest absolute Gasteiger partial charge is 0.456 e. The number of carbonyl (C=O) groups excluding carboxylic acids is 1. The van der Waals surface area contributed by atoms with Crippen molar-refractivity contribution < 1.29 is 9.53 Å². The quantitative estimate of drug-likeness (QED) is 0.156. The van der Waals surface area contributed by atoms with Crippen molar-refractivity contribution in [1.29, 1.82) is 0 Å². The van der Waals surface area contributed by atoms with Gasteiger partial charge in [0.05, 0.1) is 5.56 Å². The highest BCUT2D eigenvalue weighted by Gasteiger charge is 2.66. The predicted octanol–water partition coefficient (Wildman–Crippen LogP) is 10.9. The van der Waals surface area contributed by atoms with Gasteiger partial charge in [0, 0.05) is 6.54 Å². The van der Waals surface area contributed by atoms with Crippen LogP contribution in [0.4, 0.5) is 0 Å². The van der Waals surface area contributed by atoms with Gasteiger partial charge in [-0.05, 0) is 187 Å². The lowest BCUT2D eigenvalue weighted by atomic mass is 9.38. The average Bonchev–Trinajstić information content (AvgIpc) is 3.41. The summed E-state index contributed by atoms with van der Waals surface area (Å²) < 4.78 is 5.65. The lowest BCUT2D eigenvalue weighted by Gasteiger charge is -2.67. The van der Waals surface area contributed by atoms with Crippen molar-refractivity contribution in [2.45, 2.75) is 139 Å². The number of rotatable bonds is 9. The maximum Gasteiger partial charge on any atom is 0.338 e. The van der Waals surface area contributed by atoms with Gasteiger partial charge in [0.1, 0.15) is 5.60 Å². The van der Waals surface area contributed by atoms with Crippen LogP contribution in [0.3, 0.4) is 0 Å². The van der Waals surface area contributed by atoms with Gasteiger partial charge >= 0.3 is 5.97 Å². The molecule has 0 amide bonds. The number of hydrogen-bond donors (Lipinski definition) is 2. The van der Waals surface area contributed by atoms with E-state index in [0.29, 0.717) is 33.6 Å². The first-order valence-corrected chi connectivity index (χ1v) is 20.0. The Labute approximate surface area is 301 Å². The number of carbonyl (C=O) groups is 1. The molecule has 4 aliphatic carbocycles. The molecule has 4 heteroatoms. The summed E-state index contributed by atoms with van der Waals surface area (Å²) in [5.74, 6) is 3.34. The number of ether oxygens (including phenoxy) is 1. The van der Waals surface area contributed by atoms with Gasteiger partial charge in [0.2, 0.25) is 0 Å². The van der Waals surface area contributed by atoms with Gasteiger partial charge in [0.15, 0.2) is 0 Å². The minimum Gasteiger partial charge on any atom is -0.456 e. The molecule has 0 heterocycles. The van der Waals surface area contributed by atoms with Crippen LogP contribution in [-0.4, -0.2) is 38.3 Å². The Hall–Kier alpha value is -1.91. The van der Waals surface area contributed by atoms with Crippen LogP contribution >= 0.6 is 0 Å². The molecule has 0 spiro atoms. The molecule has 4 aliphatic rings. The fourth-order valence-electron chi connectivity index (χ4n) is 12.0. The lowest BCUT2D eigenvalue weighted by molar-refractivity contribution is -0.177. The maximum absolute atomic E-state index is 12.8. The van der Waals surface area contributed by atoms with Crippen molar-refractivity contribution in [1.82, 2.24) is 10.6 Å². The number of benzene rings is 1. The van der Waals surface area contributed by atoms with Crippen LogP contribution in [0.5, 0.6) is 0 Å². The summed E-state index contributed by atoms with van der Waals surface area (Å²) >= 11 is 0. The Bertz CT molecular complexity index is 1350. The van der Waals surface area contributed by atoms with Crippen LogP contribution in [0, 0.1) is 51.2 Å². The van der Waals surface area contributed by atoms with Crippen LogP contribution in [0.2, 0.25) is 0 Å². The van der Waals surface area contributed by atoms with Crippen LogP contribution in [0.25, 0.3) is 5.57 Å². The molecule has 49 heavy (non-hydrogen) atoms. The highest BCUT2D eigenvalue weighted by atomic mass is 16.6. The van der Waals surface area contributed by atoms with Crippen molar-refractivity contribution in [3.05, 3.63) is 53.6 Å². The van der Waals surface area contributed by atoms with E-state index in [2.05, 4.69) is 84.0 Å². The molecule has 4 nitrogen and oxygen atoms in total. The number of esters is 1. The molecule has 274 valence electrons. The van der Waals surface area contributed by atoms with Crippen molar-refractivity contribution in [2.75, 3.05) is 26.7 Å². The minimum atomic E-state index is -0.495. The first kappa shape index (κ1) is 38.3. The van der Waals surface area contributed by atoms with Gasteiger partial charge in [-0.3, -0.25) is 0 Å². The zero-order chi connectivity index (χ0) is 35.8. The van der Waals surface area contributed by atoms with Crippen molar-refractivity contribution in [3.8, 4) is 0 Å². The summed E-state index contributed by atoms with van der Waals surface area (Å²) in [5.41, 5.74) is 5.44. The van der Waals surface area contributed by atoms with Crippen molar-refractivity contribution in [2.24, 2.45) is 51.2 Å². The molecular weight excluding hydrogens is 601 g/mol. The third-order valence-electron chi connectivity index (χ3n) is 14.7. The Morgan fingerprint density at radius 1 is 0.918 bits per heavy atom. The van der Waals surface area contributed by atoms with Gasteiger partial charge < -0.3 is 15.4 Å². The van der Waals surface area contributed by atoms with Gasteiger partial charge in [-0.1, -0.05) is 71.4 Å². The fourth-order valence-corrected chi connectivity index (χ4v) is 12.0. The third kappa shape index (κ3) is 7.53. The molecule has 8 unspecified atom stereocenters. The highest BCUT2D eigenvalue weighted by molar-refractivity contribution is 5.90. The first-order chi connectivity index (χ1) is 23.0. The standard InChI is InChI=1S/C45H72N2O2/c1-31(2)35-22-25-45(30-47-29-13-28-46-11)27-26-44(10)38(39(35)45)21-20-36-32(3)14-19-37(42(7,8)23-12-24-43(36,44)9)33-15-17-34(18-16-33)40(48)49-41(4,5)6/h15-19,32,35-36,38-39,46-47H,1,12-14,20-30H2,2-11H3. The van der Waals surface area contributed by atoms with E-state index in [1.807, 2.05) is 32.9 Å². The molecule has 2 N–H and O–H groups in total. The highest BCUT2D eigenvalue weighted by Crippen LogP contribution is 2.73. The summed E-state index contributed by atoms with van der Waals surface area (Å²) in [6.45, 7) is 29.1. The average molecular weight is 673 g/mol. The fraction of sp³-hybridized carbons (Fsp3) is 0.756. The molecule has 8 atom stereocenters. The number of hydrogen-bond acceptors (Lipinski definition) is 4. The summed E-state index contributed by atoms with van der Waals surface area (Å²) in [4.78, 5) is 12.8. The second-order valence-corrected chi connectivity index (χ2v) is 19.3. The summed E-state index contributed by atoms with van der Waals surface area (Å²) in [6.07, 6.45) is 16.9. The molecule has 0 aromatic heterocycles. The van der Waals surface area contributed by atoms with Crippen molar-refractivity contribution in [3.63, 3.8) is 0 Å². The molecule has 0 bridgehead atoms. The summed E-state index contributed by atoms with van der Waals surface area (Å²) in [5, 5.41) is 7.29. The molecule has 3 fully saturated rings. The zero-order valence-electron chi connectivity index (χ0n) is 33.2. The molecule has 5 rings (SSSR count). The van der Waals surface area contributed by atoms with E-state index in [9.17, 15) is 4.79 Å². The summed E-state index contributed by atoms with van der Waals surface area (Å²) in [7, 11) is 2.06. The first-order valence-electron chi connectivity index (χ1n) is 20.0. The van der Waals surface area contributed by atoms with E-state index in [1.54, 1.807) is 0 Å². The van der Waals surface area contributed by atoms with Gasteiger partial charge in [0.25, 0.3) is 0 Å². The van der Waals surface area contributed by atoms with E-state index >= 15 is 0 Å². The van der Waals surface area contributed by atoms with Crippen molar-refractivity contribution >= 4 is 11.5 Å². The second-order valence-electron chi connectivity index (χ2n) is 19.3. The van der Waals surface area contributed by atoms with E-state index in [0.717, 1.165) is 37.3 Å². The van der Waals surface area contributed by atoms with E-state index in [4.69, 9.17) is 4.74 Å². The van der Waals surface area contributed by atoms with Gasteiger partial charge in [-0.25, -0.2) is 4.79 Å². The number of nitrogens with one attached hydrogen (secondary N) is 2. The lowest BCUT2D eigenvalue weighted by Crippen LogP contribution is -2.61. The Kier molecular flexibility index (Phi) is 11.4. The van der Waals surface area contributed by atoms with Crippen LogP contribution in [0.15, 0.2) is 42.5 Å². The summed E-state index contributed by atoms with van der Waals surface area (Å²) in [6, 6.07) is 8.24. The molecular formula is C45H72N2O2. The Morgan fingerprint density at radius 2 is 1.59 bits per heavy atom. The van der Waals surface area contributed by atoms with E-state index < -0.39 is 5.60 Å². The number of allylic oxidation sites excluding steroid dienone is 3. The molecule has 0 saturated heterocycles. The van der Waals surface area contributed by atoms with Gasteiger partial charge in [-0.2, -0.15) is 0 Å². The van der Waals surface area contributed by atoms with Crippen LogP contribution < -0.4 is 10.6 Å². The maximum atomic E-state index is 12.8. The third-order valence-corrected chi connectivity index (χ3v) is 14.7. The SMILES string of the molecule is C=C(C)C1CCC2(CNCCCNC)CCC3(C)C(CCC4C(C)CC=C(c5ccc(C(=O)OC(C)(C)C)cc5)C(C)(C)CCCC43C)C12. The van der Waals surface area contributed by atoms with E-state index in [1.165, 1.54) is 87.5 Å². The predicted molar refractivity (Wildman–Crippen MR) is 208 cm³/mol. The monoisotopic (exact) mass is 673 g/mol. The second kappa shape index (κ2) is 14.6. The normalized spacial score (nSPS) is 36.1. The van der Waals surface area contributed by atoms with Gasteiger partial charge in [-0.15, -0.1) is 0 Å². The topological polar surface area (TPSA) is 50.4 Å². The number of fused-ring (bicyclic) bond motifs is 5. The smallest absolute Gasteiger partial charge is 0.338 e. The molecule has 1 aromatic rings.